The van der Waals surface area contributed by atoms with Gasteiger partial charge in [-0.3, -0.25) is 9.89 Å². The van der Waals surface area contributed by atoms with E-state index in [1.54, 1.807) is 6.21 Å². The molecule has 1 heterocycles. The van der Waals surface area contributed by atoms with E-state index in [9.17, 15) is 4.79 Å². The van der Waals surface area contributed by atoms with Crippen molar-refractivity contribution in [3.63, 3.8) is 0 Å². The molecule has 21 heavy (non-hydrogen) atoms. The molecule has 0 atom stereocenters. The Balaban J connectivity index is 2.20. The second-order valence-corrected chi connectivity index (χ2v) is 5.23. The summed E-state index contributed by atoms with van der Waals surface area (Å²) in [5.74, 6) is 1.22. The average molecular weight is 304 g/mol. The van der Waals surface area contributed by atoms with Gasteiger partial charge in [0.1, 0.15) is 11.9 Å². The molecule has 0 radical (unpaired) electrons. The van der Waals surface area contributed by atoms with Crippen LogP contribution >= 0.6 is 12.2 Å². The van der Waals surface area contributed by atoms with Gasteiger partial charge in [0.15, 0.2) is 0 Å². The number of nitrogens with one attached hydrogen (secondary N) is 1. The smallest absolute Gasteiger partial charge is 0.293 e. The Hall–Kier alpha value is -2.28. The number of ether oxygens (including phenoxy) is 1. The van der Waals surface area contributed by atoms with E-state index < -0.39 is 0 Å². The van der Waals surface area contributed by atoms with Gasteiger partial charge in [-0.15, -0.1) is 0 Å². The lowest BCUT2D eigenvalue weighted by molar-refractivity contribution is 0.271. The van der Waals surface area contributed by atoms with Crippen molar-refractivity contribution in [2.24, 2.45) is 11.0 Å². The van der Waals surface area contributed by atoms with Gasteiger partial charge in [-0.2, -0.15) is 14.9 Å². The number of aromatic amines is 1. The molecule has 1 aromatic heterocycles. The first kappa shape index (κ1) is 15.1. The highest BCUT2D eigenvalue weighted by Crippen LogP contribution is 2.13. The predicted molar refractivity (Wildman–Crippen MR) is 83.4 cm³/mol. The van der Waals surface area contributed by atoms with E-state index in [1.807, 2.05) is 24.3 Å². The number of hydrogen-bond donors (Lipinski definition) is 1. The number of H-pyrrole nitrogens is 1. The zero-order valence-electron chi connectivity index (χ0n) is 11.8. The van der Waals surface area contributed by atoms with Crippen LogP contribution in [0.4, 0.5) is 0 Å². The summed E-state index contributed by atoms with van der Waals surface area (Å²) >= 11 is 4.96. The number of rotatable bonds is 5. The summed E-state index contributed by atoms with van der Waals surface area (Å²) in [5, 5.41) is 10.2. The third-order valence-electron chi connectivity index (χ3n) is 2.50. The van der Waals surface area contributed by atoms with Gasteiger partial charge in [-0.05, 0) is 35.8 Å². The molecule has 0 fully saturated rings. The van der Waals surface area contributed by atoms with Crippen LogP contribution in [0.2, 0.25) is 0 Å². The van der Waals surface area contributed by atoms with Crippen molar-refractivity contribution < 1.29 is 4.74 Å². The summed E-state index contributed by atoms with van der Waals surface area (Å²) in [7, 11) is 0. The van der Waals surface area contributed by atoms with Gasteiger partial charge in [0.05, 0.1) is 12.8 Å². The Kier molecular flexibility index (Phi) is 4.99. The fraction of sp³-hybridized carbons (Fsp3) is 0.286. The van der Waals surface area contributed by atoms with Crippen LogP contribution in [0.3, 0.4) is 0 Å². The molecule has 0 aliphatic carbocycles. The second kappa shape index (κ2) is 6.94. The van der Waals surface area contributed by atoms with E-state index in [0.29, 0.717) is 12.5 Å². The maximum absolute atomic E-state index is 11.6. The molecular formula is C14H16N4O2S. The summed E-state index contributed by atoms with van der Waals surface area (Å²) in [4.78, 5) is 11.6. The van der Waals surface area contributed by atoms with Crippen molar-refractivity contribution in [2.45, 2.75) is 13.8 Å². The molecule has 1 aromatic carbocycles. The Morgan fingerprint density at radius 2 is 2.33 bits per heavy atom. The van der Waals surface area contributed by atoms with E-state index in [0.717, 1.165) is 22.2 Å². The van der Waals surface area contributed by atoms with Gasteiger partial charge in [-0.25, -0.2) is 0 Å². The van der Waals surface area contributed by atoms with Gasteiger partial charge in [-0.1, -0.05) is 26.0 Å². The summed E-state index contributed by atoms with van der Waals surface area (Å²) in [6.07, 6.45) is 2.67. The van der Waals surface area contributed by atoms with Crippen molar-refractivity contribution in [1.29, 1.82) is 0 Å². The number of nitrogens with zero attached hydrogens (tertiary/aromatic N) is 3. The van der Waals surface area contributed by atoms with Gasteiger partial charge in [0.2, 0.25) is 4.77 Å². The van der Waals surface area contributed by atoms with E-state index >= 15 is 0 Å². The lowest BCUT2D eigenvalue weighted by Crippen LogP contribution is -2.18. The number of aromatic nitrogens is 3. The van der Waals surface area contributed by atoms with Gasteiger partial charge >= 0.3 is 0 Å². The molecule has 110 valence electrons. The van der Waals surface area contributed by atoms with Crippen molar-refractivity contribution >= 4 is 18.4 Å². The number of benzene rings is 1. The second-order valence-electron chi connectivity index (χ2n) is 4.85. The first-order valence-corrected chi connectivity index (χ1v) is 6.91. The molecule has 2 rings (SSSR count). The summed E-state index contributed by atoms with van der Waals surface area (Å²) in [6, 6.07) is 7.47. The van der Waals surface area contributed by atoms with Crippen LogP contribution in [0.1, 0.15) is 19.4 Å². The zero-order valence-corrected chi connectivity index (χ0v) is 12.6. The van der Waals surface area contributed by atoms with Gasteiger partial charge in [0, 0.05) is 0 Å². The third kappa shape index (κ3) is 4.35. The van der Waals surface area contributed by atoms with Crippen molar-refractivity contribution in [3.05, 3.63) is 51.2 Å². The maximum atomic E-state index is 11.6. The van der Waals surface area contributed by atoms with Crippen LogP contribution < -0.4 is 10.3 Å². The SMILES string of the molecule is CC(C)COc1cccc(/C=N\n2c(=O)cn[nH]c2=S)c1. The third-order valence-corrected chi connectivity index (χ3v) is 2.76. The zero-order chi connectivity index (χ0) is 15.2. The lowest BCUT2D eigenvalue weighted by Gasteiger charge is -2.08. The highest BCUT2D eigenvalue weighted by atomic mass is 32.1. The molecule has 0 saturated carbocycles. The van der Waals surface area contributed by atoms with E-state index in [2.05, 4.69) is 29.1 Å². The van der Waals surface area contributed by atoms with Gasteiger partial charge < -0.3 is 4.74 Å². The number of hydrogen-bond acceptors (Lipinski definition) is 5. The Bertz CT molecular complexity index is 721. The minimum absolute atomic E-state index is 0.144. The molecule has 0 saturated heterocycles. The van der Waals surface area contributed by atoms with Crippen LogP contribution in [0.5, 0.6) is 5.75 Å². The summed E-state index contributed by atoms with van der Waals surface area (Å²) in [5.41, 5.74) is 0.427. The highest BCUT2D eigenvalue weighted by Gasteiger charge is 1.99. The normalized spacial score (nSPS) is 11.2. The van der Waals surface area contributed by atoms with E-state index in [1.165, 1.54) is 0 Å². The quantitative estimate of drug-likeness (QED) is 0.679. The summed E-state index contributed by atoms with van der Waals surface area (Å²) < 4.78 is 6.86. The Morgan fingerprint density at radius 3 is 3.05 bits per heavy atom. The maximum Gasteiger partial charge on any atom is 0.293 e. The van der Waals surface area contributed by atoms with Crippen molar-refractivity contribution in [1.82, 2.24) is 14.9 Å². The largest absolute Gasteiger partial charge is 0.493 e. The Morgan fingerprint density at radius 1 is 1.52 bits per heavy atom. The molecule has 2 aromatic rings. The van der Waals surface area contributed by atoms with E-state index in [4.69, 9.17) is 17.0 Å². The highest BCUT2D eigenvalue weighted by molar-refractivity contribution is 7.71. The fourth-order valence-corrected chi connectivity index (χ4v) is 1.72. The standard InChI is InChI=1S/C14H16N4O2S/c1-10(2)9-20-12-5-3-4-11(6-12)7-16-18-13(19)8-15-17-14(18)21/h3-8,10H,9H2,1-2H3,(H,17,21)/b16-7-. The minimum Gasteiger partial charge on any atom is -0.493 e. The molecule has 6 nitrogen and oxygen atoms in total. The minimum atomic E-state index is -0.387. The monoisotopic (exact) mass is 304 g/mol. The van der Waals surface area contributed by atoms with Crippen LogP contribution in [-0.4, -0.2) is 27.7 Å². The van der Waals surface area contributed by atoms with Crippen molar-refractivity contribution in [3.8, 4) is 5.75 Å². The van der Waals surface area contributed by atoms with Crippen LogP contribution in [0, 0.1) is 10.7 Å². The Labute approximate surface area is 127 Å². The first-order valence-electron chi connectivity index (χ1n) is 6.50. The van der Waals surface area contributed by atoms with Crippen molar-refractivity contribution in [2.75, 3.05) is 6.61 Å². The van der Waals surface area contributed by atoms with Crippen LogP contribution in [0.25, 0.3) is 0 Å². The molecule has 0 unspecified atom stereocenters. The molecule has 1 N–H and O–H groups in total. The topological polar surface area (TPSA) is 72.3 Å². The van der Waals surface area contributed by atoms with Gasteiger partial charge in [0.25, 0.3) is 5.56 Å². The molecule has 7 heteroatoms. The van der Waals surface area contributed by atoms with Crippen LogP contribution in [0.15, 0.2) is 40.4 Å². The fourth-order valence-electron chi connectivity index (χ4n) is 1.53. The molecule has 0 amide bonds. The van der Waals surface area contributed by atoms with Crippen LogP contribution in [-0.2, 0) is 0 Å². The molecule has 0 aliphatic heterocycles. The summed E-state index contributed by atoms with van der Waals surface area (Å²) in [6.45, 7) is 4.82. The lowest BCUT2D eigenvalue weighted by atomic mass is 10.2. The molecule has 0 bridgehead atoms. The molecule has 0 spiro atoms. The molecular weight excluding hydrogens is 288 g/mol. The molecule has 0 aliphatic rings. The average Bonchev–Trinajstić information content (AvgIpc) is 2.45. The van der Waals surface area contributed by atoms with E-state index in [-0.39, 0.29) is 10.3 Å². The predicted octanol–water partition coefficient (Wildman–Crippen LogP) is 2.22. The first-order chi connectivity index (χ1) is 10.1.